The van der Waals surface area contributed by atoms with Gasteiger partial charge in [-0.3, -0.25) is 9.69 Å². The number of rotatable bonds is 5. The molecule has 4 rings (SSSR count). The van der Waals surface area contributed by atoms with Gasteiger partial charge in [-0.05, 0) is 37.1 Å². The lowest BCUT2D eigenvalue weighted by Gasteiger charge is -2.14. The number of furan rings is 1. The van der Waals surface area contributed by atoms with Gasteiger partial charge < -0.3 is 4.42 Å². The zero-order valence-electron chi connectivity index (χ0n) is 15.4. The minimum absolute atomic E-state index is 0.0561. The van der Waals surface area contributed by atoms with Gasteiger partial charge in [-0.15, -0.1) is 0 Å². The molecule has 0 bridgehead atoms. The number of hydrogen-bond acceptors (Lipinski definition) is 4. The summed E-state index contributed by atoms with van der Waals surface area (Å²) in [6, 6.07) is 22.1. The first kappa shape index (κ1) is 18.7. The van der Waals surface area contributed by atoms with Crippen LogP contribution in [-0.4, -0.2) is 21.7 Å². The molecule has 1 fully saturated rings. The molecule has 28 heavy (non-hydrogen) atoms. The molecule has 0 saturated carbocycles. The van der Waals surface area contributed by atoms with Crippen molar-refractivity contribution in [1.29, 1.82) is 0 Å². The summed E-state index contributed by atoms with van der Waals surface area (Å²) in [5, 5.41) is 0. The van der Waals surface area contributed by atoms with Gasteiger partial charge in [0, 0.05) is 18.2 Å². The second kappa shape index (κ2) is 8.17. The lowest BCUT2D eigenvalue weighted by atomic mass is 10.1. The Bertz CT molecular complexity index is 1050. The van der Waals surface area contributed by atoms with Gasteiger partial charge in [0.2, 0.25) is 0 Å². The Hall–Kier alpha value is -2.63. The van der Waals surface area contributed by atoms with E-state index in [4.69, 9.17) is 16.6 Å². The first-order chi connectivity index (χ1) is 13.6. The SMILES string of the molecule is Cc1cccc(-c2ccc(/C=C3\SC(=S)N(CCc4ccccc4)C3=O)o2)c1. The van der Waals surface area contributed by atoms with Crippen molar-refractivity contribution >= 4 is 40.3 Å². The van der Waals surface area contributed by atoms with E-state index >= 15 is 0 Å². The van der Waals surface area contributed by atoms with Gasteiger partial charge in [0.1, 0.15) is 15.8 Å². The maximum Gasteiger partial charge on any atom is 0.266 e. The van der Waals surface area contributed by atoms with Gasteiger partial charge in [0.05, 0.1) is 4.91 Å². The van der Waals surface area contributed by atoms with Crippen LogP contribution in [0.5, 0.6) is 0 Å². The van der Waals surface area contributed by atoms with Crippen molar-refractivity contribution in [2.75, 3.05) is 6.54 Å². The Morgan fingerprint density at radius 3 is 2.68 bits per heavy atom. The summed E-state index contributed by atoms with van der Waals surface area (Å²) in [6.45, 7) is 2.63. The van der Waals surface area contributed by atoms with Crippen LogP contribution < -0.4 is 0 Å². The molecule has 0 aliphatic carbocycles. The van der Waals surface area contributed by atoms with Crippen molar-refractivity contribution in [3.05, 3.63) is 88.5 Å². The molecular weight excluding hydrogens is 386 g/mol. The van der Waals surface area contributed by atoms with Gasteiger partial charge >= 0.3 is 0 Å². The van der Waals surface area contributed by atoms with Crippen LogP contribution in [0, 0.1) is 6.92 Å². The molecule has 3 nitrogen and oxygen atoms in total. The average Bonchev–Trinajstić information content (AvgIpc) is 3.26. The number of thiocarbonyl (C=S) groups is 1. The number of aryl methyl sites for hydroxylation is 1. The first-order valence-electron chi connectivity index (χ1n) is 9.06. The Labute approximate surface area is 174 Å². The summed E-state index contributed by atoms with van der Waals surface area (Å²) in [6.07, 6.45) is 2.56. The fourth-order valence-corrected chi connectivity index (χ4v) is 4.38. The minimum Gasteiger partial charge on any atom is -0.457 e. The molecule has 1 aromatic heterocycles. The summed E-state index contributed by atoms with van der Waals surface area (Å²) in [5.41, 5.74) is 3.39. The molecule has 1 amide bonds. The number of nitrogens with zero attached hydrogens (tertiary/aromatic N) is 1. The molecule has 3 aromatic rings. The van der Waals surface area contributed by atoms with Gasteiger partial charge in [0.25, 0.3) is 5.91 Å². The standard InChI is InChI=1S/C23H19NO2S2/c1-16-6-5-9-18(14-16)20-11-10-19(26-20)15-21-22(25)24(23(27)28-21)13-12-17-7-3-2-4-8-17/h2-11,14-15H,12-13H2,1H3/b21-15-. The van der Waals surface area contributed by atoms with Crippen molar-refractivity contribution in [3.63, 3.8) is 0 Å². The van der Waals surface area contributed by atoms with E-state index < -0.39 is 0 Å². The van der Waals surface area contributed by atoms with Crippen LogP contribution in [-0.2, 0) is 11.2 Å². The lowest BCUT2D eigenvalue weighted by molar-refractivity contribution is -0.122. The van der Waals surface area contributed by atoms with Gasteiger partial charge in [-0.25, -0.2) is 0 Å². The summed E-state index contributed by atoms with van der Waals surface area (Å²) >= 11 is 6.75. The zero-order chi connectivity index (χ0) is 19.5. The normalized spacial score (nSPS) is 15.6. The van der Waals surface area contributed by atoms with E-state index in [0.29, 0.717) is 21.5 Å². The molecule has 2 aromatic carbocycles. The topological polar surface area (TPSA) is 33.5 Å². The highest BCUT2D eigenvalue weighted by Gasteiger charge is 2.31. The third kappa shape index (κ3) is 4.11. The number of carbonyl (C=O) groups is 1. The smallest absolute Gasteiger partial charge is 0.266 e. The van der Waals surface area contributed by atoms with Crippen LogP contribution in [0.25, 0.3) is 17.4 Å². The van der Waals surface area contributed by atoms with E-state index in [0.717, 1.165) is 17.7 Å². The molecule has 5 heteroatoms. The summed E-state index contributed by atoms with van der Waals surface area (Å²) in [4.78, 5) is 15.0. The van der Waals surface area contributed by atoms with E-state index in [2.05, 4.69) is 18.2 Å². The Balaban J connectivity index is 1.48. The van der Waals surface area contributed by atoms with Crippen molar-refractivity contribution in [2.24, 2.45) is 0 Å². The highest BCUT2D eigenvalue weighted by atomic mass is 32.2. The molecule has 1 aliphatic rings. The fraction of sp³-hybridized carbons (Fsp3) is 0.130. The molecular formula is C23H19NO2S2. The van der Waals surface area contributed by atoms with E-state index in [9.17, 15) is 4.79 Å². The maximum atomic E-state index is 12.8. The summed E-state index contributed by atoms with van der Waals surface area (Å²) < 4.78 is 6.53. The zero-order valence-corrected chi connectivity index (χ0v) is 17.1. The minimum atomic E-state index is -0.0561. The Morgan fingerprint density at radius 1 is 1.07 bits per heavy atom. The second-order valence-electron chi connectivity index (χ2n) is 6.64. The monoisotopic (exact) mass is 405 g/mol. The van der Waals surface area contributed by atoms with E-state index in [-0.39, 0.29) is 5.91 Å². The van der Waals surface area contributed by atoms with Crippen molar-refractivity contribution in [2.45, 2.75) is 13.3 Å². The number of thioether (sulfide) groups is 1. The van der Waals surface area contributed by atoms with E-state index in [1.54, 1.807) is 11.0 Å². The van der Waals surface area contributed by atoms with Crippen molar-refractivity contribution in [1.82, 2.24) is 4.90 Å². The van der Waals surface area contributed by atoms with Gasteiger partial charge in [-0.2, -0.15) is 0 Å². The number of carbonyl (C=O) groups excluding carboxylic acids is 1. The quantitative estimate of drug-likeness (QED) is 0.403. The average molecular weight is 406 g/mol. The van der Waals surface area contributed by atoms with Crippen LogP contribution in [0.2, 0.25) is 0 Å². The predicted octanol–water partition coefficient (Wildman–Crippen LogP) is 5.70. The van der Waals surface area contributed by atoms with Crippen molar-refractivity contribution in [3.8, 4) is 11.3 Å². The third-order valence-corrected chi connectivity index (χ3v) is 5.92. The Morgan fingerprint density at radius 2 is 1.89 bits per heavy atom. The molecule has 0 atom stereocenters. The molecule has 2 heterocycles. The summed E-state index contributed by atoms with van der Waals surface area (Å²) in [7, 11) is 0. The van der Waals surface area contributed by atoms with Crippen LogP contribution in [0.1, 0.15) is 16.9 Å². The van der Waals surface area contributed by atoms with Crippen LogP contribution >= 0.6 is 24.0 Å². The number of hydrogen-bond donors (Lipinski definition) is 0. The van der Waals surface area contributed by atoms with Crippen LogP contribution in [0.4, 0.5) is 0 Å². The van der Waals surface area contributed by atoms with Crippen LogP contribution in [0.15, 0.2) is 76.1 Å². The molecule has 0 spiro atoms. The number of benzene rings is 2. The van der Waals surface area contributed by atoms with Gasteiger partial charge in [0.15, 0.2) is 0 Å². The lowest BCUT2D eigenvalue weighted by Crippen LogP contribution is -2.30. The summed E-state index contributed by atoms with van der Waals surface area (Å²) in [5.74, 6) is 1.38. The Kier molecular flexibility index (Phi) is 5.46. The first-order valence-corrected chi connectivity index (χ1v) is 10.3. The van der Waals surface area contributed by atoms with Gasteiger partial charge in [-0.1, -0.05) is 78.1 Å². The third-order valence-electron chi connectivity index (χ3n) is 4.54. The molecule has 1 aliphatic heterocycles. The second-order valence-corrected chi connectivity index (χ2v) is 8.32. The molecule has 0 radical (unpaired) electrons. The molecule has 0 unspecified atom stereocenters. The van der Waals surface area contributed by atoms with E-state index in [1.807, 2.05) is 55.5 Å². The highest BCUT2D eigenvalue weighted by molar-refractivity contribution is 8.26. The molecule has 0 N–H and O–H groups in total. The fourth-order valence-electron chi connectivity index (χ4n) is 3.09. The highest BCUT2D eigenvalue weighted by Crippen LogP contribution is 2.33. The van der Waals surface area contributed by atoms with E-state index in [1.165, 1.54) is 22.9 Å². The predicted molar refractivity (Wildman–Crippen MR) is 119 cm³/mol. The maximum absolute atomic E-state index is 12.8. The largest absolute Gasteiger partial charge is 0.457 e. The van der Waals surface area contributed by atoms with Crippen molar-refractivity contribution < 1.29 is 9.21 Å². The molecule has 1 saturated heterocycles. The number of amides is 1. The molecule has 140 valence electrons. The van der Waals surface area contributed by atoms with Crippen LogP contribution in [0.3, 0.4) is 0 Å².